The van der Waals surface area contributed by atoms with E-state index in [1.165, 1.54) is 32.1 Å². The molecule has 0 aromatic heterocycles. The van der Waals surface area contributed by atoms with Gasteiger partial charge in [-0.25, -0.2) is 4.79 Å². The van der Waals surface area contributed by atoms with Crippen molar-refractivity contribution in [3.8, 4) is 0 Å². The van der Waals surface area contributed by atoms with Crippen LogP contribution in [0.4, 0.5) is 4.79 Å². The molecule has 0 radical (unpaired) electrons. The molecular formula is C19H34N2O3. The quantitative estimate of drug-likeness (QED) is 0.749. The van der Waals surface area contributed by atoms with E-state index in [0.29, 0.717) is 36.0 Å². The maximum Gasteiger partial charge on any atom is 0.407 e. The van der Waals surface area contributed by atoms with Crippen molar-refractivity contribution in [1.82, 2.24) is 10.6 Å². The molecule has 2 aliphatic carbocycles. The molecule has 1 amide bonds. The van der Waals surface area contributed by atoms with Crippen LogP contribution in [-0.2, 0) is 9.47 Å². The topological polar surface area (TPSA) is 59.6 Å². The van der Waals surface area contributed by atoms with Gasteiger partial charge in [-0.05, 0) is 38.5 Å². The summed E-state index contributed by atoms with van der Waals surface area (Å²) in [6.45, 7) is 8.40. The zero-order valence-corrected chi connectivity index (χ0v) is 15.5. The predicted octanol–water partition coefficient (Wildman–Crippen LogP) is 3.08. The molecule has 1 saturated heterocycles. The van der Waals surface area contributed by atoms with E-state index < -0.39 is 0 Å². The Morgan fingerprint density at radius 2 is 2.08 bits per heavy atom. The zero-order chi connectivity index (χ0) is 17.2. The second-order valence-corrected chi connectivity index (χ2v) is 8.26. The lowest BCUT2D eigenvalue weighted by Crippen LogP contribution is -2.68. The maximum absolute atomic E-state index is 11.8. The average molecular weight is 338 g/mol. The van der Waals surface area contributed by atoms with Gasteiger partial charge in [0, 0.05) is 36.6 Å². The fraction of sp³-hybridized carbons (Fsp3) is 0.947. The Hall–Kier alpha value is -0.810. The first kappa shape index (κ1) is 18.0. The third-order valence-electron chi connectivity index (χ3n) is 6.22. The highest BCUT2D eigenvalue weighted by atomic mass is 16.5. The van der Waals surface area contributed by atoms with Crippen molar-refractivity contribution >= 4 is 6.09 Å². The third-order valence-corrected chi connectivity index (χ3v) is 6.22. The molecule has 5 nitrogen and oxygen atoms in total. The first-order chi connectivity index (χ1) is 11.6. The molecule has 1 heterocycles. The normalized spacial score (nSPS) is 31.8. The molecule has 0 aromatic rings. The molecule has 3 fully saturated rings. The SMILES string of the molecule is CCOC(=O)N[C@H](CN[C@@H]1[C@@H]2CCO[C@H]2C12CCCC2)CC(C)C. The summed E-state index contributed by atoms with van der Waals surface area (Å²) in [6, 6.07) is 0.690. The molecule has 5 heteroatoms. The van der Waals surface area contributed by atoms with Crippen molar-refractivity contribution in [2.24, 2.45) is 17.3 Å². The lowest BCUT2D eigenvalue weighted by Gasteiger charge is -2.57. The number of nitrogens with one attached hydrogen (secondary N) is 2. The van der Waals surface area contributed by atoms with E-state index in [2.05, 4.69) is 24.5 Å². The molecule has 0 aromatic carbocycles. The highest BCUT2D eigenvalue weighted by Crippen LogP contribution is 2.60. The second kappa shape index (κ2) is 7.61. The lowest BCUT2D eigenvalue weighted by atomic mass is 9.54. The van der Waals surface area contributed by atoms with Crippen LogP contribution in [0.15, 0.2) is 0 Å². The number of hydrogen-bond acceptors (Lipinski definition) is 4. The minimum absolute atomic E-state index is 0.129. The first-order valence-corrected chi connectivity index (χ1v) is 9.85. The van der Waals surface area contributed by atoms with Gasteiger partial charge in [0.2, 0.25) is 0 Å². The average Bonchev–Trinajstić information content (AvgIpc) is 3.14. The molecule has 3 aliphatic rings. The van der Waals surface area contributed by atoms with Crippen molar-refractivity contribution in [3.05, 3.63) is 0 Å². The van der Waals surface area contributed by atoms with Gasteiger partial charge >= 0.3 is 6.09 Å². The molecular weight excluding hydrogens is 304 g/mol. The van der Waals surface area contributed by atoms with Gasteiger partial charge < -0.3 is 20.1 Å². The van der Waals surface area contributed by atoms with E-state index in [4.69, 9.17) is 9.47 Å². The van der Waals surface area contributed by atoms with E-state index in [1.54, 1.807) is 0 Å². The van der Waals surface area contributed by atoms with Crippen LogP contribution in [0.3, 0.4) is 0 Å². The van der Waals surface area contributed by atoms with E-state index in [-0.39, 0.29) is 12.1 Å². The summed E-state index contributed by atoms with van der Waals surface area (Å²) in [5.41, 5.74) is 0.369. The smallest absolute Gasteiger partial charge is 0.407 e. The largest absolute Gasteiger partial charge is 0.450 e. The Morgan fingerprint density at radius 3 is 2.75 bits per heavy atom. The standard InChI is InChI=1S/C19H34N2O3/c1-4-23-18(22)21-14(11-13(2)3)12-20-16-15-7-10-24-17(15)19(16)8-5-6-9-19/h13-17,20H,4-12H2,1-3H3,(H,21,22)/t14-,15-,16+,17+/m0/s1. The highest BCUT2D eigenvalue weighted by molar-refractivity contribution is 5.67. The molecule has 1 aliphatic heterocycles. The fourth-order valence-corrected chi connectivity index (χ4v) is 5.38. The second-order valence-electron chi connectivity index (χ2n) is 8.26. The van der Waals surface area contributed by atoms with Crippen molar-refractivity contribution in [2.75, 3.05) is 19.8 Å². The van der Waals surface area contributed by atoms with Crippen molar-refractivity contribution in [3.63, 3.8) is 0 Å². The number of carbonyl (C=O) groups excluding carboxylic acids is 1. The van der Waals surface area contributed by atoms with Crippen LogP contribution < -0.4 is 10.6 Å². The van der Waals surface area contributed by atoms with E-state index in [1.807, 2.05) is 6.92 Å². The van der Waals surface area contributed by atoms with Crippen LogP contribution in [0.5, 0.6) is 0 Å². The monoisotopic (exact) mass is 338 g/mol. The summed E-state index contributed by atoms with van der Waals surface area (Å²) in [5, 5.41) is 6.86. The van der Waals surface area contributed by atoms with Crippen LogP contribution in [0, 0.1) is 17.3 Å². The highest BCUT2D eigenvalue weighted by Gasteiger charge is 2.64. The Kier molecular flexibility index (Phi) is 5.70. The molecule has 3 rings (SSSR count). The van der Waals surface area contributed by atoms with Gasteiger partial charge in [-0.1, -0.05) is 26.7 Å². The number of fused-ring (bicyclic) bond motifs is 2. The minimum atomic E-state index is -0.295. The van der Waals surface area contributed by atoms with Gasteiger partial charge in [0.15, 0.2) is 0 Å². The number of hydrogen-bond donors (Lipinski definition) is 2. The zero-order valence-electron chi connectivity index (χ0n) is 15.5. The van der Waals surface area contributed by atoms with Crippen molar-refractivity contribution < 1.29 is 14.3 Å². The first-order valence-electron chi connectivity index (χ1n) is 9.85. The summed E-state index contributed by atoms with van der Waals surface area (Å²) >= 11 is 0. The summed E-state index contributed by atoms with van der Waals surface area (Å²) < 4.78 is 11.1. The maximum atomic E-state index is 11.8. The fourth-order valence-electron chi connectivity index (χ4n) is 5.38. The van der Waals surface area contributed by atoms with Crippen molar-refractivity contribution in [1.29, 1.82) is 0 Å². The Morgan fingerprint density at radius 1 is 1.33 bits per heavy atom. The van der Waals surface area contributed by atoms with Crippen LogP contribution in [0.1, 0.15) is 59.3 Å². The summed E-state index contributed by atoms with van der Waals surface area (Å²) in [4.78, 5) is 11.8. The van der Waals surface area contributed by atoms with Gasteiger partial charge in [0.1, 0.15) is 0 Å². The van der Waals surface area contributed by atoms with Crippen LogP contribution in [0.2, 0.25) is 0 Å². The molecule has 4 atom stereocenters. The summed E-state index contributed by atoms with van der Waals surface area (Å²) in [5.74, 6) is 1.22. The van der Waals surface area contributed by atoms with Crippen LogP contribution in [0.25, 0.3) is 0 Å². The molecule has 2 saturated carbocycles. The van der Waals surface area contributed by atoms with Gasteiger partial charge in [0.25, 0.3) is 0 Å². The van der Waals surface area contributed by atoms with E-state index in [0.717, 1.165) is 19.6 Å². The third kappa shape index (κ3) is 3.43. The summed E-state index contributed by atoms with van der Waals surface area (Å²) in [7, 11) is 0. The number of amides is 1. The van der Waals surface area contributed by atoms with Gasteiger partial charge in [0.05, 0.1) is 12.7 Å². The molecule has 1 spiro atoms. The van der Waals surface area contributed by atoms with Crippen LogP contribution in [-0.4, -0.2) is 44.0 Å². The number of rotatable bonds is 7. The number of ether oxygens (including phenoxy) is 2. The van der Waals surface area contributed by atoms with E-state index in [9.17, 15) is 4.79 Å². The molecule has 24 heavy (non-hydrogen) atoms. The van der Waals surface area contributed by atoms with Crippen LogP contribution >= 0.6 is 0 Å². The van der Waals surface area contributed by atoms with E-state index >= 15 is 0 Å². The minimum Gasteiger partial charge on any atom is -0.450 e. The number of alkyl carbamates (subject to hydrolysis) is 1. The Labute approximate surface area is 146 Å². The van der Waals surface area contributed by atoms with Gasteiger partial charge in [-0.2, -0.15) is 0 Å². The predicted molar refractivity (Wildman–Crippen MR) is 93.9 cm³/mol. The number of carbonyl (C=O) groups is 1. The summed E-state index contributed by atoms with van der Waals surface area (Å²) in [6.07, 6.45) is 7.61. The molecule has 138 valence electrons. The lowest BCUT2D eigenvalue weighted by molar-refractivity contribution is -0.130. The molecule has 2 N–H and O–H groups in total. The van der Waals surface area contributed by atoms with Gasteiger partial charge in [-0.15, -0.1) is 0 Å². The molecule has 0 bridgehead atoms. The van der Waals surface area contributed by atoms with Gasteiger partial charge in [-0.3, -0.25) is 0 Å². The Balaban J connectivity index is 1.57. The molecule has 0 unspecified atom stereocenters. The Bertz CT molecular complexity index is 434. The van der Waals surface area contributed by atoms with Crippen molar-refractivity contribution in [2.45, 2.75) is 77.5 Å².